The maximum absolute atomic E-state index is 9.10. The topological polar surface area (TPSA) is 32.3 Å². The van der Waals surface area contributed by atoms with E-state index in [1.165, 1.54) is 9.75 Å². The minimum atomic E-state index is 0.286. The molecule has 2 rings (SSSR count). The van der Waals surface area contributed by atoms with Crippen molar-refractivity contribution < 1.29 is 5.11 Å². The molecule has 0 bridgehead atoms. The van der Waals surface area contributed by atoms with Gasteiger partial charge in [-0.2, -0.15) is 0 Å². The summed E-state index contributed by atoms with van der Waals surface area (Å²) in [6.45, 7) is 3.46. The molecule has 0 fully saturated rings. The Morgan fingerprint density at radius 2 is 2.00 bits per heavy atom. The molecule has 2 heterocycles. The van der Waals surface area contributed by atoms with Crippen molar-refractivity contribution in [1.29, 1.82) is 0 Å². The highest BCUT2D eigenvalue weighted by Gasteiger charge is 2.15. The predicted octanol–water partition coefficient (Wildman–Crippen LogP) is 4.09. The molecule has 0 saturated carbocycles. The minimum Gasteiger partial charge on any atom is -0.396 e. The molecule has 4 heteroatoms. The first-order valence-corrected chi connectivity index (χ1v) is 8.99. The summed E-state index contributed by atoms with van der Waals surface area (Å²) in [4.78, 5) is 2.82. The van der Waals surface area contributed by atoms with Gasteiger partial charge in [0.15, 0.2) is 0 Å². The fraction of sp³-hybridized carbons (Fsp3) is 0.500. The molecule has 2 atom stereocenters. The van der Waals surface area contributed by atoms with E-state index in [9.17, 15) is 0 Å². The zero-order chi connectivity index (χ0) is 14.2. The second-order valence-electron chi connectivity index (χ2n) is 5.05. The molecular formula is C16H23NOS2. The lowest BCUT2D eigenvalue weighted by Crippen LogP contribution is -2.28. The number of aliphatic hydroxyl groups excluding tert-OH is 1. The predicted molar refractivity (Wildman–Crippen MR) is 88.6 cm³/mol. The van der Waals surface area contributed by atoms with Crippen molar-refractivity contribution in [3.63, 3.8) is 0 Å². The van der Waals surface area contributed by atoms with Gasteiger partial charge in [-0.1, -0.05) is 25.5 Å². The van der Waals surface area contributed by atoms with Crippen LogP contribution in [0.25, 0.3) is 0 Å². The standard InChI is InChI=1S/C16H23NOS2/c1-2-13(7-8-18)12-17-15(16-6-4-10-20-16)11-14-5-3-9-19-14/h3-6,9-10,13,15,17-18H,2,7-8,11-12H2,1H3. The summed E-state index contributed by atoms with van der Waals surface area (Å²) in [5, 5.41) is 17.1. The largest absolute Gasteiger partial charge is 0.396 e. The van der Waals surface area contributed by atoms with Crippen LogP contribution < -0.4 is 5.32 Å². The van der Waals surface area contributed by atoms with E-state index in [2.05, 4.69) is 47.3 Å². The summed E-state index contributed by atoms with van der Waals surface area (Å²) in [6.07, 6.45) is 3.05. The molecule has 0 radical (unpaired) electrons. The molecule has 2 nitrogen and oxygen atoms in total. The third kappa shape index (κ3) is 4.70. The summed E-state index contributed by atoms with van der Waals surface area (Å²) in [5.74, 6) is 0.561. The van der Waals surface area contributed by atoms with Crippen molar-refractivity contribution in [2.24, 2.45) is 5.92 Å². The Kier molecular flexibility index (Phi) is 6.73. The Hall–Kier alpha value is -0.680. The summed E-state index contributed by atoms with van der Waals surface area (Å²) >= 11 is 3.64. The molecule has 0 aromatic carbocycles. The van der Waals surface area contributed by atoms with Crippen LogP contribution in [0.15, 0.2) is 35.0 Å². The van der Waals surface area contributed by atoms with Crippen LogP contribution in [-0.2, 0) is 6.42 Å². The van der Waals surface area contributed by atoms with Crippen LogP contribution in [0.1, 0.15) is 35.6 Å². The van der Waals surface area contributed by atoms with Crippen LogP contribution in [0.5, 0.6) is 0 Å². The monoisotopic (exact) mass is 309 g/mol. The lowest BCUT2D eigenvalue weighted by molar-refractivity contribution is 0.248. The SMILES string of the molecule is CCC(CCO)CNC(Cc1cccs1)c1cccs1. The second-order valence-corrected chi connectivity index (χ2v) is 7.06. The van der Waals surface area contributed by atoms with E-state index >= 15 is 0 Å². The molecule has 0 aliphatic carbocycles. The lowest BCUT2D eigenvalue weighted by Gasteiger charge is -2.21. The van der Waals surface area contributed by atoms with Crippen LogP contribution in [-0.4, -0.2) is 18.3 Å². The van der Waals surface area contributed by atoms with E-state index < -0.39 is 0 Å². The molecular weight excluding hydrogens is 286 g/mol. The van der Waals surface area contributed by atoms with Gasteiger partial charge in [-0.05, 0) is 41.8 Å². The van der Waals surface area contributed by atoms with Crippen LogP contribution in [0.4, 0.5) is 0 Å². The summed E-state index contributed by atoms with van der Waals surface area (Å²) in [6, 6.07) is 9.04. The molecule has 20 heavy (non-hydrogen) atoms. The molecule has 110 valence electrons. The van der Waals surface area contributed by atoms with Gasteiger partial charge in [-0.15, -0.1) is 22.7 Å². The number of hydrogen-bond acceptors (Lipinski definition) is 4. The Morgan fingerprint density at radius 1 is 1.20 bits per heavy atom. The molecule has 0 aliphatic rings. The number of rotatable bonds is 9. The van der Waals surface area contributed by atoms with Crippen LogP contribution >= 0.6 is 22.7 Å². The van der Waals surface area contributed by atoms with E-state index in [1.54, 1.807) is 0 Å². The second kappa shape index (κ2) is 8.57. The first kappa shape index (κ1) is 15.7. The zero-order valence-corrected chi connectivity index (χ0v) is 13.6. The van der Waals surface area contributed by atoms with Crippen molar-refractivity contribution in [2.45, 2.75) is 32.2 Å². The van der Waals surface area contributed by atoms with Crippen molar-refractivity contribution in [3.05, 3.63) is 44.8 Å². The van der Waals surface area contributed by atoms with Crippen molar-refractivity contribution in [1.82, 2.24) is 5.32 Å². The van der Waals surface area contributed by atoms with Gasteiger partial charge in [0.2, 0.25) is 0 Å². The summed E-state index contributed by atoms with van der Waals surface area (Å²) in [7, 11) is 0. The van der Waals surface area contributed by atoms with Crippen molar-refractivity contribution >= 4 is 22.7 Å². The van der Waals surface area contributed by atoms with Gasteiger partial charge in [0.1, 0.15) is 0 Å². The number of thiophene rings is 2. The fourth-order valence-corrected chi connectivity index (χ4v) is 3.89. The minimum absolute atomic E-state index is 0.286. The number of hydrogen-bond donors (Lipinski definition) is 2. The average Bonchev–Trinajstić information content (AvgIpc) is 3.14. The van der Waals surface area contributed by atoms with Gasteiger partial charge in [0, 0.05) is 28.8 Å². The Bertz CT molecular complexity index is 453. The normalized spacial score (nSPS) is 14.3. The Labute approximate surface area is 129 Å². The highest BCUT2D eigenvalue weighted by Crippen LogP contribution is 2.25. The van der Waals surface area contributed by atoms with E-state index in [1.807, 2.05) is 22.7 Å². The number of nitrogens with one attached hydrogen (secondary N) is 1. The van der Waals surface area contributed by atoms with Crippen LogP contribution in [0.2, 0.25) is 0 Å². The lowest BCUT2D eigenvalue weighted by atomic mass is 10.0. The van der Waals surface area contributed by atoms with Gasteiger partial charge in [-0.3, -0.25) is 0 Å². The van der Waals surface area contributed by atoms with Gasteiger partial charge >= 0.3 is 0 Å². The molecule has 2 N–H and O–H groups in total. The Morgan fingerprint density at radius 3 is 2.60 bits per heavy atom. The van der Waals surface area contributed by atoms with Crippen molar-refractivity contribution in [2.75, 3.05) is 13.2 Å². The van der Waals surface area contributed by atoms with E-state index in [-0.39, 0.29) is 6.61 Å². The molecule has 0 spiro atoms. The Balaban J connectivity index is 1.96. The molecule has 0 saturated heterocycles. The highest BCUT2D eigenvalue weighted by molar-refractivity contribution is 7.10. The number of aliphatic hydroxyl groups is 1. The molecule has 2 unspecified atom stereocenters. The van der Waals surface area contributed by atoms with Gasteiger partial charge in [0.05, 0.1) is 0 Å². The average molecular weight is 310 g/mol. The summed E-state index contributed by atoms with van der Waals surface area (Å²) in [5.41, 5.74) is 0. The zero-order valence-electron chi connectivity index (χ0n) is 11.9. The molecule has 2 aromatic rings. The third-order valence-corrected chi connectivity index (χ3v) is 5.52. The van der Waals surface area contributed by atoms with Gasteiger partial charge in [0.25, 0.3) is 0 Å². The smallest absolute Gasteiger partial charge is 0.0463 e. The summed E-state index contributed by atoms with van der Waals surface area (Å²) < 4.78 is 0. The maximum Gasteiger partial charge on any atom is 0.0463 e. The maximum atomic E-state index is 9.10. The van der Waals surface area contributed by atoms with Gasteiger partial charge in [-0.25, -0.2) is 0 Å². The van der Waals surface area contributed by atoms with Crippen LogP contribution in [0.3, 0.4) is 0 Å². The first-order valence-electron chi connectivity index (χ1n) is 7.23. The van der Waals surface area contributed by atoms with Gasteiger partial charge < -0.3 is 10.4 Å². The fourth-order valence-electron chi connectivity index (χ4n) is 2.33. The molecule has 2 aromatic heterocycles. The van der Waals surface area contributed by atoms with E-state index in [4.69, 9.17) is 5.11 Å². The molecule has 0 amide bonds. The van der Waals surface area contributed by atoms with Crippen molar-refractivity contribution in [3.8, 4) is 0 Å². The highest BCUT2D eigenvalue weighted by atomic mass is 32.1. The van der Waals surface area contributed by atoms with E-state index in [0.29, 0.717) is 12.0 Å². The first-order chi connectivity index (χ1) is 9.83. The van der Waals surface area contributed by atoms with Crippen LogP contribution in [0, 0.1) is 5.92 Å². The molecule has 0 aliphatic heterocycles. The van der Waals surface area contributed by atoms with E-state index in [0.717, 1.165) is 25.8 Å². The third-order valence-electron chi connectivity index (χ3n) is 3.64. The quantitative estimate of drug-likeness (QED) is 0.731.